The average molecular weight is 295 g/mol. The van der Waals surface area contributed by atoms with Crippen LogP contribution in [-0.2, 0) is 7.05 Å². The van der Waals surface area contributed by atoms with E-state index in [0.29, 0.717) is 5.96 Å². The lowest BCUT2D eigenvalue weighted by Gasteiger charge is -2.31. The smallest absolute Gasteiger partial charge is 0.197 e. The molecule has 1 unspecified atom stereocenters. The number of hydrogen-bond donors (Lipinski definition) is 2. The summed E-state index contributed by atoms with van der Waals surface area (Å²) in [6, 6.07) is 7.87. The maximum atomic E-state index is 6.36. The Bertz CT molecular complexity index is 891. The second-order valence-electron chi connectivity index (χ2n) is 5.55. The highest BCUT2D eigenvalue weighted by molar-refractivity contribution is 6.01. The highest BCUT2D eigenvalue weighted by Gasteiger charge is 2.27. The molecule has 3 heterocycles. The highest BCUT2D eigenvalue weighted by Crippen LogP contribution is 2.42. The summed E-state index contributed by atoms with van der Waals surface area (Å²) in [5, 5.41) is 1.07. The fourth-order valence-corrected chi connectivity index (χ4v) is 3.06. The van der Waals surface area contributed by atoms with Gasteiger partial charge in [0.1, 0.15) is 11.9 Å². The summed E-state index contributed by atoms with van der Waals surface area (Å²) in [7, 11) is 3.86. The number of fused-ring (bicyclic) bond motifs is 3. The number of guanidine groups is 1. The SMILES string of the molecule is CN1C(N)=Nc2cc(-c3ccco3)c3c(ccn3C)c2C1N. The fourth-order valence-electron chi connectivity index (χ4n) is 3.06. The van der Waals surface area contributed by atoms with Crippen molar-refractivity contribution in [2.24, 2.45) is 23.5 Å². The lowest BCUT2D eigenvalue weighted by atomic mass is 9.98. The van der Waals surface area contributed by atoms with Gasteiger partial charge in [0.25, 0.3) is 0 Å². The summed E-state index contributed by atoms with van der Waals surface area (Å²) in [5.74, 6) is 1.22. The first-order chi connectivity index (χ1) is 10.6. The molecule has 0 fully saturated rings. The van der Waals surface area contributed by atoms with Crippen LogP contribution in [0.3, 0.4) is 0 Å². The van der Waals surface area contributed by atoms with Gasteiger partial charge in [-0.1, -0.05) is 0 Å². The zero-order chi connectivity index (χ0) is 15.4. The molecule has 0 saturated heterocycles. The lowest BCUT2D eigenvalue weighted by molar-refractivity contribution is 0.378. The highest BCUT2D eigenvalue weighted by atomic mass is 16.3. The molecular formula is C16H17N5O. The molecular weight excluding hydrogens is 278 g/mol. The van der Waals surface area contributed by atoms with Crippen LogP contribution in [0.4, 0.5) is 5.69 Å². The molecule has 0 aliphatic carbocycles. The van der Waals surface area contributed by atoms with E-state index in [2.05, 4.69) is 15.6 Å². The summed E-state index contributed by atoms with van der Waals surface area (Å²) in [4.78, 5) is 6.28. The first-order valence-corrected chi connectivity index (χ1v) is 7.06. The third-order valence-corrected chi connectivity index (χ3v) is 4.27. The van der Waals surface area contributed by atoms with Crippen LogP contribution in [0.1, 0.15) is 11.7 Å². The van der Waals surface area contributed by atoms with Crippen LogP contribution in [0.15, 0.2) is 46.1 Å². The summed E-state index contributed by atoms with van der Waals surface area (Å²) in [6.07, 6.45) is 3.37. The van der Waals surface area contributed by atoms with Gasteiger partial charge in [0.05, 0.1) is 17.5 Å². The quantitative estimate of drug-likeness (QED) is 0.721. The van der Waals surface area contributed by atoms with Gasteiger partial charge in [0, 0.05) is 36.8 Å². The molecule has 2 aromatic heterocycles. The van der Waals surface area contributed by atoms with Crippen molar-refractivity contribution in [3.63, 3.8) is 0 Å². The molecule has 0 amide bonds. The molecule has 1 aliphatic rings. The number of furan rings is 1. The van der Waals surface area contributed by atoms with Crippen molar-refractivity contribution in [1.82, 2.24) is 9.47 Å². The molecule has 112 valence electrons. The maximum Gasteiger partial charge on any atom is 0.197 e. The van der Waals surface area contributed by atoms with Crippen molar-refractivity contribution in [3.8, 4) is 11.3 Å². The topological polar surface area (TPSA) is 85.7 Å². The molecule has 0 spiro atoms. The second-order valence-corrected chi connectivity index (χ2v) is 5.55. The molecule has 0 bridgehead atoms. The Morgan fingerprint density at radius 3 is 2.82 bits per heavy atom. The molecule has 6 heteroatoms. The molecule has 1 atom stereocenters. The predicted molar refractivity (Wildman–Crippen MR) is 86.6 cm³/mol. The van der Waals surface area contributed by atoms with Gasteiger partial charge in [-0.3, -0.25) is 0 Å². The molecule has 4 rings (SSSR count). The third kappa shape index (κ3) is 1.61. The second kappa shape index (κ2) is 4.38. The van der Waals surface area contributed by atoms with E-state index in [0.717, 1.165) is 33.5 Å². The van der Waals surface area contributed by atoms with Gasteiger partial charge >= 0.3 is 0 Å². The van der Waals surface area contributed by atoms with E-state index in [1.165, 1.54) is 0 Å². The maximum absolute atomic E-state index is 6.36. The monoisotopic (exact) mass is 295 g/mol. The number of aliphatic imine (C=N–C) groups is 1. The number of hydrogen-bond acceptors (Lipinski definition) is 5. The molecule has 3 aromatic rings. The molecule has 1 aliphatic heterocycles. The fraction of sp³-hybridized carbons (Fsp3) is 0.188. The van der Waals surface area contributed by atoms with E-state index in [9.17, 15) is 0 Å². The van der Waals surface area contributed by atoms with Crippen LogP contribution in [0.5, 0.6) is 0 Å². The van der Waals surface area contributed by atoms with E-state index in [1.54, 1.807) is 11.2 Å². The zero-order valence-corrected chi connectivity index (χ0v) is 12.4. The van der Waals surface area contributed by atoms with Gasteiger partial charge in [-0.05, 0) is 24.3 Å². The summed E-state index contributed by atoms with van der Waals surface area (Å²) in [5.41, 5.74) is 16.2. The number of benzene rings is 1. The van der Waals surface area contributed by atoms with Gasteiger partial charge in [-0.2, -0.15) is 0 Å². The third-order valence-electron chi connectivity index (χ3n) is 4.27. The van der Waals surface area contributed by atoms with Crippen molar-refractivity contribution >= 4 is 22.5 Å². The minimum atomic E-state index is -0.317. The Balaban J connectivity index is 2.12. The summed E-state index contributed by atoms with van der Waals surface area (Å²) in [6.45, 7) is 0. The molecule has 6 nitrogen and oxygen atoms in total. The number of rotatable bonds is 1. The van der Waals surface area contributed by atoms with Crippen LogP contribution in [-0.4, -0.2) is 22.5 Å². The normalized spacial score (nSPS) is 17.7. The summed E-state index contributed by atoms with van der Waals surface area (Å²) < 4.78 is 7.65. The Morgan fingerprint density at radius 2 is 2.09 bits per heavy atom. The lowest BCUT2D eigenvalue weighted by Crippen LogP contribution is -2.42. The Kier molecular flexibility index (Phi) is 2.58. The van der Waals surface area contributed by atoms with Gasteiger partial charge in [0.15, 0.2) is 5.96 Å². The average Bonchev–Trinajstić information content (AvgIpc) is 3.14. The minimum Gasteiger partial charge on any atom is -0.464 e. The van der Waals surface area contributed by atoms with Crippen LogP contribution in [0, 0.1) is 0 Å². The van der Waals surface area contributed by atoms with E-state index in [-0.39, 0.29) is 6.17 Å². The minimum absolute atomic E-state index is 0.317. The number of nitrogens with two attached hydrogens (primary N) is 2. The van der Waals surface area contributed by atoms with Gasteiger partial charge in [-0.25, -0.2) is 4.99 Å². The van der Waals surface area contributed by atoms with E-state index < -0.39 is 0 Å². The van der Waals surface area contributed by atoms with Crippen molar-refractivity contribution in [2.45, 2.75) is 6.17 Å². The number of nitrogens with zero attached hydrogens (tertiary/aromatic N) is 3. The molecule has 1 aromatic carbocycles. The first kappa shape index (κ1) is 13.0. The largest absolute Gasteiger partial charge is 0.464 e. The van der Waals surface area contributed by atoms with Crippen LogP contribution in [0.25, 0.3) is 22.2 Å². The van der Waals surface area contributed by atoms with Crippen molar-refractivity contribution in [2.75, 3.05) is 7.05 Å². The van der Waals surface area contributed by atoms with E-state index in [1.807, 2.05) is 38.5 Å². The van der Waals surface area contributed by atoms with E-state index in [4.69, 9.17) is 15.9 Å². The van der Waals surface area contributed by atoms with Gasteiger partial charge < -0.3 is 25.4 Å². The van der Waals surface area contributed by atoms with Crippen LogP contribution >= 0.6 is 0 Å². The van der Waals surface area contributed by atoms with Gasteiger partial charge in [0.2, 0.25) is 0 Å². The van der Waals surface area contributed by atoms with Crippen LogP contribution in [0.2, 0.25) is 0 Å². The Morgan fingerprint density at radius 1 is 1.27 bits per heavy atom. The first-order valence-electron chi connectivity index (χ1n) is 7.06. The van der Waals surface area contributed by atoms with Crippen molar-refractivity contribution < 1.29 is 4.42 Å². The van der Waals surface area contributed by atoms with Crippen molar-refractivity contribution in [1.29, 1.82) is 0 Å². The Labute approximate surface area is 127 Å². The molecule has 0 saturated carbocycles. The van der Waals surface area contributed by atoms with Crippen LogP contribution < -0.4 is 11.5 Å². The van der Waals surface area contributed by atoms with Crippen molar-refractivity contribution in [3.05, 3.63) is 42.3 Å². The molecule has 22 heavy (non-hydrogen) atoms. The zero-order valence-electron chi connectivity index (χ0n) is 12.4. The van der Waals surface area contributed by atoms with E-state index >= 15 is 0 Å². The number of aryl methyl sites for hydroxylation is 1. The summed E-state index contributed by atoms with van der Waals surface area (Å²) >= 11 is 0. The molecule has 0 radical (unpaired) electrons. The van der Waals surface area contributed by atoms with Gasteiger partial charge in [-0.15, -0.1) is 0 Å². The predicted octanol–water partition coefficient (Wildman–Crippen LogP) is 2.29. The molecule has 4 N–H and O–H groups in total. The Hall–Kier alpha value is -2.73. The number of aromatic nitrogens is 1. The standard InChI is InChI=1S/C16H17N5O/c1-20-6-5-9-13-11(19-16(18)21(2)15(13)17)8-10(14(9)20)12-4-3-7-22-12/h3-8,15H,17H2,1-2H3,(H2,18,19).